The van der Waals surface area contributed by atoms with Gasteiger partial charge < -0.3 is 108 Å². The van der Waals surface area contributed by atoms with Gasteiger partial charge in [0.15, 0.2) is 74.4 Å². The van der Waals surface area contributed by atoms with Gasteiger partial charge in [-0.05, 0) is 0 Å². The van der Waals surface area contributed by atoms with E-state index in [1.165, 1.54) is 4.72 Å². The van der Waals surface area contributed by atoms with E-state index >= 15 is 0 Å². The fraction of sp³-hybridized carbons (Fsp3) is 0.917. The van der Waals surface area contributed by atoms with Crippen molar-refractivity contribution in [3.8, 4) is 0 Å². The summed E-state index contributed by atoms with van der Waals surface area (Å²) < 4.78 is 390. The fourth-order valence-corrected chi connectivity index (χ4v) is 14.6. The summed E-state index contributed by atoms with van der Waals surface area (Å²) in [5.41, 5.74) is 0. The zero-order valence-corrected chi connectivity index (χ0v) is 57.9. The summed E-state index contributed by atoms with van der Waals surface area (Å²) in [4.78, 5) is 38.4. The van der Waals surface area contributed by atoms with Crippen molar-refractivity contribution in [3.05, 3.63) is 0 Å². The molecule has 0 bridgehead atoms. The lowest BCUT2D eigenvalue weighted by atomic mass is 9.94. The SMILES string of the molecule is O=C(O)[C@@H]1O[C@@H](O[C@H]2[C@H](O)[C@@H](NS(=O)(=O)O)[C@@H](O[C@H]3[C@H](O)[C@@H](OS(=O)(=O)O)[C@H](O[C@H]4[C@H](O)[C@@H](NS(=O)(=O)O)[C@@H](O[C@H]5[C@H](O)[C@@H](OS(=O)(=O)O)[C@H](O)O[C@H]5C(=O)O)O[C@@H]4COS(=O)(=O)O)O[C@H]3C(=O)O)O[C@@H]2COS(=O)(=O)O)[C@H](OS(=O)(=O)O)[C@@H](O)[C@H]1O[C@H]1O[C@H](COS(=O)(=O)O)[C@@H](O)[C@H](O)[C@H]1NS(=O)(=O)O. The fourth-order valence-electron chi connectivity index (χ4n) is 10.5. The number of aliphatic hydroxyl groups is 8. The van der Waals surface area contributed by atoms with Crippen LogP contribution in [0.4, 0.5) is 0 Å². The third-order valence-corrected chi connectivity index (χ3v) is 18.9. The third kappa shape index (κ3) is 25.8. The highest BCUT2D eigenvalue weighted by molar-refractivity contribution is 7.84. The number of aliphatic hydroxyl groups excluding tert-OH is 8. The van der Waals surface area contributed by atoms with E-state index in [9.17, 15) is 183 Å². The van der Waals surface area contributed by atoms with Gasteiger partial charge in [0.25, 0.3) is 0 Å². The van der Waals surface area contributed by atoms with E-state index < -0.39 is 315 Å². The van der Waals surface area contributed by atoms with Crippen molar-refractivity contribution in [2.45, 2.75) is 184 Å². The second kappa shape index (κ2) is 34.4. The molecule has 6 aliphatic heterocycles. The van der Waals surface area contributed by atoms with E-state index in [2.05, 4.69) is 29.8 Å². The van der Waals surface area contributed by atoms with Crippen LogP contribution >= 0.6 is 0 Å². The summed E-state index contributed by atoms with van der Waals surface area (Å²) in [5, 5.41) is 121. The maximum absolute atomic E-state index is 13.2. The Morgan fingerprint density at radius 1 is 0.283 bits per heavy atom. The molecule has 70 heteroatoms. The second-order valence-electron chi connectivity index (χ2n) is 21.8. The maximum atomic E-state index is 13.2. The van der Waals surface area contributed by atoms with E-state index in [-0.39, 0.29) is 0 Å². The Balaban J connectivity index is 1.41. The molecule has 0 spiro atoms. The number of rotatable bonds is 34. The molecule has 0 radical (unpaired) electrons. The van der Waals surface area contributed by atoms with Crippen LogP contribution in [0.25, 0.3) is 0 Å². The van der Waals surface area contributed by atoms with Gasteiger partial charge in [-0.2, -0.15) is 89.9 Å². The van der Waals surface area contributed by atoms with E-state index in [4.69, 9.17) is 51.9 Å². The molecule has 0 aromatic carbocycles. The highest BCUT2D eigenvalue weighted by atomic mass is 32.3. The Morgan fingerprint density at radius 2 is 0.538 bits per heavy atom. The molecule has 0 aromatic heterocycles. The van der Waals surface area contributed by atoms with Crippen LogP contribution in [0, 0.1) is 0 Å². The summed E-state index contributed by atoms with van der Waals surface area (Å²) in [7, 11) is -53.5. The van der Waals surface area contributed by atoms with Crippen LogP contribution in [0.5, 0.6) is 0 Å². The van der Waals surface area contributed by atoms with Gasteiger partial charge in [-0.1, -0.05) is 0 Å². The van der Waals surface area contributed by atoms with Crippen LogP contribution < -0.4 is 14.2 Å². The van der Waals surface area contributed by atoms with Crippen molar-refractivity contribution in [2.75, 3.05) is 19.8 Å². The molecule has 30 atom stereocenters. The zero-order valence-electron chi connectivity index (χ0n) is 50.6. The predicted octanol–water partition coefficient (Wildman–Crippen LogP) is -16.7. The first-order valence-corrected chi connectivity index (χ1v) is 39.8. The first-order valence-electron chi connectivity index (χ1n) is 27.3. The van der Waals surface area contributed by atoms with Gasteiger partial charge in [-0.25, -0.2) is 39.5 Å². The number of carboxylic acids is 3. The van der Waals surface area contributed by atoms with Crippen molar-refractivity contribution >= 4 is 111 Å². The average Bonchev–Trinajstić information content (AvgIpc) is 0.763. The van der Waals surface area contributed by atoms with Crippen molar-refractivity contribution in [3.63, 3.8) is 0 Å². The smallest absolute Gasteiger partial charge is 0.397 e. The van der Waals surface area contributed by atoms with Crippen LogP contribution in [-0.2, 0) is 185 Å². The standard InChI is InChI=1S/C36H59N3O58S9/c40-10-4(1-81-101(63,64)65)84-32(7(11(10)41)37-98(54,55)56)91-20-15(45)23(96-105(75,76)77)35(93-26(20)29(49)50)89-18-6(3-83-103(69,70)71)86-34(9(13(18)43)39-100(60,61)62)92-21-16(46)24(97-106(78,79)80)36(94-27(21)30(51)52)88-17-5(2-82-102(66,67)68)85-33(8(12(17)42)38-99(57,58)59)90-19-14(44)22(95-104(72,73)74)31(53)87-25(19)28(47)48/h4-27,31-46,53H,1-3H2,(H,47,48)(H,49,50)(H,51,52)(H,54,55,56)(H,57,58,59)(H,60,61,62)(H,63,64,65)(H,66,67,68)(H,69,70,71)(H,72,73,74)(H,75,76,77)(H,78,79,80)/t4-,5-,6-,7-,8-,9-,10-,11-,12-,13-,14+,15+,16+,17-,18-,19+,20-,21+,22-,23-,24-,25-,26-,27-,31-,32-,33-,34-,35-,36-/m1/s1. The first kappa shape index (κ1) is 91.4. The minimum Gasteiger partial charge on any atom is -0.479 e. The highest BCUT2D eigenvalue weighted by Crippen LogP contribution is 2.40. The second-order valence-corrected chi connectivity index (χ2v) is 31.8. The van der Waals surface area contributed by atoms with E-state index in [0.29, 0.717) is 0 Å². The Hall–Kier alpha value is -3.52. The van der Waals surface area contributed by atoms with Gasteiger partial charge in [0, 0.05) is 0 Å². The number of carboxylic acid groups (broad SMARTS) is 3. The number of hydrogen-bond acceptors (Lipinski definition) is 46. The van der Waals surface area contributed by atoms with Gasteiger partial charge >= 0.3 is 111 Å². The topological polar surface area (TPSA) is 956 Å². The molecular formula is C36H59N3O58S9. The zero-order chi connectivity index (χ0) is 80.8. The minimum atomic E-state index is -6.34. The molecule has 61 nitrogen and oxygen atoms in total. The number of hydrogen-bond donors (Lipinski definition) is 23. The summed E-state index contributed by atoms with van der Waals surface area (Å²) >= 11 is 0. The predicted molar refractivity (Wildman–Crippen MR) is 301 cm³/mol. The molecule has 6 heterocycles. The number of aliphatic carboxylic acids is 3. The molecule has 0 amide bonds. The molecule has 6 rings (SSSR count). The summed E-state index contributed by atoms with van der Waals surface area (Å²) in [6.45, 7) is -5.54. The largest absolute Gasteiger partial charge is 0.479 e. The van der Waals surface area contributed by atoms with Gasteiger partial charge in [0.05, 0.1) is 19.8 Å². The lowest BCUT2D eigenvalue weighted by Gasteiger charge is -2.50. The first-order chi connectivity index (χ1) is 47.9. The van der Waals surface area contributed by atoms with Gasteiger partial charge in [-0.15, -0.1) is 0 Å². The third-order valence-electron chi connectivity index (χ3n) is 14.5. The quantitative estimate of drug-likeness (QED) is 0.0266. The van der Waals surface area contributed by atoms with E-state index in [1.54, 1.807) is 0 Å². The molecule has 620 valence electrons. The Labute approximate surface area is 591 Å². The molecule has 0 aromatic rings. The van der Waals surface area contributed by atoms with Crippen LogP contribution in [0.15, 0.2) is 0 Å². The number of carbonyl (C=O) groups is 3. The molecule has 106 heavy (non-hydrogen) atoms. The molecule has 0 aliphatic carbocycles. The molecule has 6 saturated heterocycles. The van der Waals surface area contributed by atoms with E-state index in [0.717, 1.165) is 9.44 Å². The van der Waals surface area contributed by atoms with Gasteiger partial charge in [0.1, 0.15) is 110 Å². The molecule has 0 unspecified atom stereocenters. The van der Waals surface area contributed by atoms with Crippen molar-refractivity contribution in [1.29, 1.82) is 0 Å². The molecular weight excluding hydrogens is 1690 g/mol. The summed E-state index contributed by atoms with van der Waals surface area (Å²) in [6, 6.07) is -8.88. The minimum absolute atomic E-state index is 1.11. The van der Waals surface area contributed by atoms with Crippen molar-refractivity contribution in [2.24, 2.45) is 0 Å². The number of ether oxygens (including phenoxy) is 11. The summed E-state index contributed by atoms with van der Waals surface area (Å²) in [6.07, 6.45) is -82.5. The van der Waals surface area contributed by atoms with Crippen molar-refractivity contribution in [1.82, 2.24) is 14.2 Å². The number of nitrogens with one attached hydrogen (secondary N) is 3. The maximum Gasteiger partial charge on any atom is 0.397 e. The average molecular weight is 1750 g/mol. The Morgan fingerprint density at radius 3 is 0.821 bits per heavy atom. The van der Waals surface area contributed by atoms with Crippen LogP contribution in [-0.4, -0.2) is 395 Å². The van der Waals surface area contributed by atoms with Crippen molar-refractivity contribution < 1.29 is 264 Å². The van der Waals surface area contributed by atoms with Crippen LogP contribution in [0.2, 0.25) is 0 Å². The molecule has 6 aliphatic rings. The monoisotopic (exact) mass is 1750 g/mol. The van der Waals surface area contributed by atoms with Crippen LogP contribution in [0.1, 0.15) is 0 Å². The Kier molecular flexibility index (Phi) is 29.7. The van der Waals surface area contributed by atoms with Gasteiger partial charge in [-0.3, -0.25) is 41.0 Å². The lowest BCUT2D eigenvalue weighted by molar-refractivity contribution is -0.375. The molecule has 0 saturated carbocycles. The normalized spacial score (nSPS) is 39.4. The van der Waals surface area contributed by atoms with Crippen LogP contribution in [0.3, 0.4) is 0 Å². The molecule has 6 fully saturated rings. The highest BCUT2D eigenvalue weighted by Gasteiger charge is 2.62. The lowest BCUT2D eigenvalue weighted by Crippen LogP contribution is -2.71. The van der Waals surface area contributed by atoms with E-state index in [1.807, 2.05) is 0 Å². The summed E-state index contributed by atoms with van der Waals surface area (Å²) in [5.74, 6) is -7.43. The molecule has 23 N–H and O–H groups in total. The van der Waals surface area contributed by atoms with Gasteiger partial charge in [0.2, 0.25) is 0 Å². The Bertz CT molecular complexity index is 4190.